The molecule has 5 aromatic rings. The van der Waals surface area contributed by atoms with Gasteiger partial charge in [-0.25, -0.2) is 4.79 Å². The molecule has 2 heterocycles. The standard InChI is InChI=1S/C30H25N3O5S/c1-3-38-30(36)27-24-18-39-28(26(24)29(35)33(32-27)22-10-7-11-23(17-22)37-2)31-25(34)16-19-12-14-21(15-13-19)20-8-5-4-6-9-20/h4-15,17-18H,3,16H2,1-2H3,(H,31,34). The Morgan fingerprint density at radius 3 is 2.44 bits per heavy atom. The van der Waals surface area contributed by atoms with Gasteiger partial charge in [0.1, 0.15) is 10.8 Å². The number of nitrogens with zero attached hydrogens (tertiary/aromatic N) is 2. The minimum atomic E-state index is -0.659. The predicted octanol–water partition coefficient (Wildman–Crippen LogP) is 5.48. The summed E-state index contributed by atoms with van der Waals surface area (Å²) in [6.07, 6.45) is 0.119. The van der Waals surface area contributed by atoms with Crippen LogP contribution in [0.15, 0.2) is 89.0 Å². The summed E-state index contributed by atoms with van der Waals surface area (Å²) in [5.41, 5.74) is 2.90. The highest BCUT2D eigenvalue weighted by atomic mass is 32.1. The van der Waals surface area contributed by atoms with Crippen molar-refractivity contribution in [3.8, 4) is 22.6 Å². The second-order valence-electron chi connectivity index (χ2n) is 8.63. The molecule has 0 aliphatic heterocycles. The molecule has 3 aromatic carbocycles. The van der Waals surface area contributed by atoms with Gasteiger partial charge in [0.25, 0.3) is 5.56 Å². The van der Waals surface area contributed by atoms with Crippen molar-refractivity contribution in [2.75, 3.05) is 19.0 Å². The van der Waals surface area contributed by atoms with Crippen molar-refractivity contribution in [2.24, 2.45) is 0 Å². The monoisotopic (exact) mass is 539 g/mol. The lowest BCUT2D eigenvalue weighted by Crippen LogP contribution is -2.25. The number of fused-ring (bicyclic) bond motifs is 1. The fraction of sp³-hybridized carbons (Fsp3) is 0.133. The maximum absolute atomic E-state index is 13.6. The number of carbonyl (C=O) groups excluding carboxylic acids is 2. The molecule has 8 nitrogen and oxygen atoms in total. The molecule has 1 N–H and O–H groups in total. The van der Waals surface area contributed by atoms with Gasteiger partial charge in [0.2, 0.25) is 5.91 Å². The zero-order valence-electron chi connectivity index (χ0n) is 21.3. The van der Waals surface area contributed by atoms with Gasteiger partial charge in [-0.15, -0.1) is 11.3 Å². The highest BCUT2D eigenvalue weighted by molar-refractivity contribution is 7.16. The summed E-state index contributed by atoms with van der Waals surface area (Å²) in [6, 6.07) is 24.5. The number of carbonyl (C=O) groups is 2. The summed E-state index contributed by atoms with van der Waals surface area (Å²) in [7, 11) is 1.52. The van der Waals surface area contributed by atoms with E-state index in [-0.39, 0.29) is 30.0 Å². The fourth-order valence-electron chi connectivity index (χ4n) is 4.21. The van der Waals surface area contributed by atoms with E-state index >= 15 is 0 Å². The lowest BCUT2D eigenvalue weighted by atomic mass is 10.0. The van der Waals surface area contributed by atoms with E-state index in [1.54, 1.807) is 36.6 Å². The average molecular weight is 540 g/mol. The molecule has 1 amide bonds. The number of nitrogens with one attached hydrogen (secondary N) is 1. The zero-order valence-corrected chi connectivity index (χ0v) is 22.2. The molecule has 0 saturated heterocycles. The van der Waals surface area contributed by atoms with Crippen LogP contribution in [0.4, 0.5) is 5.00 Å². The smallest absolute Gasteiger partial charge is 0.359 e. The number of hydrogen-bond acceptors (Lipinski definition) is 7. The van der Waals surface area contributed by atoms with Crippen molar-refractivity contribution in [3.05, 3.63) is 106 Å². The molecule has 9 heteroatoms. The minimum Gasteiger partial charge on any atom is -0.497 e. The third kappa shape index (κ3) is 5.44. The molecule has 0 fully saturated rings. The van der Waals surface area contributed by atoms with E-state index in [1.807, 2.05) is 54.6 Å². The summed E-state index contributed by atoms with van der Waals surface area (Å²) in [5, 5.41) is 9.67. The van der Waals surface area contributed by atoms with Gasteiger partial charge in [-0.3, -0.25) is 9.59 Å². The number of aromatic nitrogens is 2. The van der Waals surface area contributed by atoms with Gasteiger partial charge < -0.3 is 14.8 Å². The topological polar surface area (TPSA) is 99.5 Å². The number of ether oxygens (including phenoxy) is 2. The van der Waals surface area contributed by atoms with Crippen LogP contribution in [0, 0.1) is 0 Å². The molecule has 5 rings (SSSR count). The molecule has 0 radical (unpaired) electrons. The van der Waals surface area contributed by atoms with Crippen molar-refractivity contribution in [1.29, 1.82) is 0 Å². The molecule has 2 aromatic heterocycles. The highest BCUT2D eigenvalue weighted by Gasteiger charge is 2.23. The van der Waals surface area contributed by atoms with Crippen LogP contribution in [0.25, 0.3) is 27.6 Å². The number of thiophene rings is 1. The zero-order chi connectivity index (χ0) is 27.4. The third-order valence-corrected chi connectivity index (χ3v) is 6.99. The van der Waals surface area contributed by atoms with Gasteiger partial charge >= 0.3 is 5.97 Å². The molecule has 0 aliphatic carbocycles. The van der Waals surface area contributed by atoms with E-state index < -0.39 is 11.5 Å². The van der Waals surface area contributed by atoms with Crippen LogP contribution in [-0.4, -0.2) is 35.4 Å². The molecular weight excluding hydrogens is 514 g/mol. The Kier molecular flexibility index (Phi) is 7.51. The third-order valence-electron chi connectivity index (χ3n) is 6.10. The van der Waals surface area contributed by atoms with E-state index in [4.69, 9.17) is 9.47 Å². The lowest BCUT2D eigenvalue weighted by molar-refractivity contribution is -0.115. The van der Waals surface area contributed by atoms with Crippen molar-refractivity contribution in [2.45, 2.75) is 13.3 Å². The first kappa shape index (κ1) is 25.9. The summed E-state index contributed by atoms with van der Waals surface area (Å²) >= 11 is 1.16. The molecular formula is C30H25N3O5S. The minimum absolute atomic E-state index is 0.0116. The number of esters is 1. The largest absolute Gasteiger partial charge is 0.497 e. The Balaban J connectivity index is 1.48. The van der Waals surface area contributed by atoms with Crippen LogP contribution in [0.2, 0.25) is 0 Å². The van der Waals surface area contributed by atoms with Crippen LogP contribution in [0.5, 0.6) is 5.75 Å². The normalized spacial score (nSPS) is 10.8. The fourth-order valence-corrected chi connectivity index (χ4v) is 5.16. The van der Waals surface area contributed by atoms with E-state index in [1.165, 1.54) is 7.11 Å². The maximum atomic E-state index is 13.6. The number of rotatable bonds is 8. The van der Waals surface area contributed by atoms with Crippen molar-refractivity contribution < 1.29 is 19.1 Å². The van der Waals surface area contributed by atoms with Gasteiger partial charge in [-0.05, 0) is 35.7 Å². The summed E-state index contributed by atoms with van der Waals surface area (Å²) in [5.74, 6) is -0.419. The van der Waals surface area contributed by atoms with Gasteiger partial charge in [0.05, 0.1) is 31.2 Å². The van der Waals surface area contributed by atoms with Crippen LogP contribution in [0.1, 0.15) is 23.0 Å². The van der Waals surface area contributed by atoms with Crippen molar-refractivity contribution in [1.82, 2.24) is 9.78 Å². The first-order chi connectivity index (χ1) is 19.0. The van der Waals surface area contributed by atoms with Crippen molar-refractivity contribution in [3.63, 3.8) is 0 Å². The Morgan fingerprint density at radius 1 is 0.974 bits per heavy atom. The summed E-state index contributed by atoms with van der Waals surface area (Å²) in [6.45, 7) is 1.84. The number of hydrogen-bond donors (Lipinski definition) is 1. The van der Waals surface area contributed by atoms with Gasteiger partial charge in [0.15, 0.2) is 5.69 Å². The molecule has 0 saturated carbocycles. The Bertz CT molecular complexity index is 1710. The number of amides is 1. The maximum Gasteiger partial charge on any atom is 0.359 e. The molecule has 39 heavy (non-hydrogen) atoms. The molecule has 0 unspecified atom stereocenters. The Labute approximate surface area is 228 Å². The predicted molar refractivity (Wildman–Crippen MR) is 152 cm³/mol. The molecule has 0 aliphatic rings. The molecule has 196 valence electrons. The van der Waals surface area contributed by atoms with E-state index in [0.29, 0.717) is 21.8 Å². The second-order valence-corrected chi connectivity index (χ2v) is 9.51. The van der Waals surface area contributed by atoms with Gasteiger partial charge in [-0.1, -0.05) is 60.7 Å². The van der Waals surface area contributed by atoms with Crippen LogP contribution in [0.3, 0.4) is 0 Å². The SMILES string of the molecule is CCOC(=O)c1nn(-c2cccc(OC)c2)c(=O)c2c(NC(=O)Cc3ccc(-c4ccccc4)cc3)scc12. The first-order valence-corrected chi connectivity index (χ1v) is 13.2. The van der Waals surface area contributed by atoms with Crippen LogP contribution < -0.4 is 15.6 Å². The Morgan fingerprint density at radius 2 is 1.72 bits per heavy atom. The molecule has 0 atom stereocenters. The van der Waals surface area contributed by atoms with Gasteiger partial charge in [-0.2, -0.15) is 9.78 Å². The molecule has 0 bridgehead atoms. The molecule has 0 spiro atoms. The number of methoxy groups -OCH3 is 1. The Hall–Kier alpha value is -4.76. The van der Waals surface area contributed by atoms with Crippen LogP contribution in [-0.2, 0) is 16.0 Å². The van der Waals surface area contributed by atoms with Gasteiger partial charge in [0, 0.05) is 16.8 Å². The number of anilines is 1. The summed E-state index contributed by atoms with van der Waals surface area (Å²) in [4.78, 5) is 39.4. The summed E-state index contributed by atoms with van der Waals surface area (Å²) < 4.78 is 11.6. The lowest BCUT2D eigenvalue weighted by Gasteiger charge is -2.11. The van der Waals surface area contributed by atoms with E-state index in [9.17, 15) is 14.4 Å². The second kappa shape index (κ2) is 11.3. The van der Waals surface area contributed by atoms with Crippen LogP contribution >= 0.6 is 11.3 Å². The van der Waals surface area contributed by atoms with E-state index in [0.717, 1.165) is 32.7 Å². The average Bonchev–Trinajstić information content (AvgIpc) is 3.38. The van der Waals surface area contributed by atoms with Crippen molar-refractivity contribution >= 4 is 39.0 Å². The number of benzene rings is 3. The first-order valence-electron chi connectivity index (χ1n) is 12.3. The van der Waals surface area contributed by atoms with E-state index in [2.05, 4.69) is 10.4 Å². The highest BCUT2D eigenvalue weighted by Crippen LogP contribution is 2.31. The quantitative estimate of drug-likeness (QED) is 0.262.